The maximum atomic E-state index is 12.9. The van der Waals surface area contributed by atoms with Gasteiger partial charge in [0, 0.05) is 37.5 Å². The topological polar surface area (TPSA) is 150 Å². The molecular formula is C25H23N7O3. The van der Waals surface area contributed by atoms with Crippen LogP contribution in [0.2, 0.25) is 0 Å². The highest BCUT2D eigenvalue weighted by molar-refractivity contribution is 6.07. The number of aliphatic hydroxyl groups is 1. The van der Waals surface area contributed by atoms with Crippen molar-refractivity contribution in [1.82, 2.24) is 14.5 Å². The Hall–Kier alpha value is -4.59. The molecule has 4 N–H and O–H groups in total. The number of aliphatic hydroxyl groups excluding tert-OH is 1. The molecule has 0 bridgehead atoms. The average molecular weight is 470 g/mol. The minimum Gasteiger partial charge on any atom is -0.379 e. The van der Waals surface area contributed by atoms with Gasteiger partial charge in [-0.05, 0) is 42.5 Å². The summed E-state index contributed by atoms with van der Waals surface area (Å²) in [6.45, 7) is 0.299. The van der Waals surface area contributed by atoms with E-state index < -0.39 is 12.1 Å². The van der Waals surface area contributed by atoms with E-state index in [9.17, 15) is 14.7 Å². The number of carbonyl (C=O) groups excluding carboxylic acids is 2. The van der Waals surface area contributed by atoms with E-state index in [0.29, 0.717) is 28.8 Å². The second-order valence-corrected chi connectivity index (χ2v) is 7.84. The molecule has 0 saturated heterocycles. The smallest absolute Gasteiger partial charge is 0.259 e. The first-order valence-corrected chi connectivity index (χ1v) is 10.8. The molecule has 2 heterocycles. The number of nitrogens with two attached hydrogens (primary N) is 1. The molecule has 35 heavy (non-hydrogen) atoms. The average Bonchev–Trinajstić information content (AvgIpc) is 3.22. The third-order valence-corrected chi connectivity index (χ3v) is 5.46. The SMILES string of the molecule is CN(C(=O)c1ccccc1)c1ccc2c(c1)nc(NC(=O)c1ccc(C#N)nc1)n2CCC(N)O. The molecule has 0 aliphatic carbocycles. The van der Waals surface area contributed by atoms with Crippen LogP contribution >= 0.6 is 0 Å². The number of rotatable bonds is 7. The third kappa shape index (κ3) is 5.16. The van der Waals surface area contributed by atoms with Gasteiger partial charge < -0.3 is 20.3 Å². The number of nitrogens with one attached hydrogen (secondary N) is 1. The standard InChI is InChI=1S/C25H23N7O3/c1-31(24(35)16-5-3-2-4-6-16)19-9-10-21-20(13-19)29-25(32(21)12-11-22(27)33)30-23(34)17-7-8-18(14-26)28-15-17/h2-10,13,15,22,33H,11-12,27H2,1H3,(H,29,30,34). The first-order chi connectivity index (χ1) is 16.9. The van der Waals surface area contributed by atoms with E-state index in [2.05, 4.69) is 15.3 Å². The molecular weight excluding hydrogens is 446 g/mol. The van der Waals surface area contributed by atoms with Crippen molar-refractivity contribution in [2.75, 3.05) is 17.3 Å². The van der Waals surface area contributed by atoms with Gasteiger partial charge in [-0.1, -0.05) is 18.2 Å². The predicted molar refractivity (Wildman–Crippen MR) is 131 cm³/mol. The van der Waals surface area contributed by atoms with Gasteiger partial charge in [0.1, 0.15) is 18.0 Å². The highest BCUT2D eigenvalue weighted by Crippen LogP contribution is 2.26. The highest BCUT2D eigenvalue weighted by Gasteiger charge is 2.18. The normalized spacial score (nSPS) is 11.6. The van der Waals surface area contributed by atoms with Crippen molar-refractivity contribution in [2.45, 2.75) is 19.2 Å². The van der Waals surface area contributed by atoms with Crippen molar-refractivity contribution in [1.29, 1.82) is 5.26 Å². The maximum absolute atomic E-state index is 12.9. The van der Waals surface area contributed by atoms with Crippen molar-refractivity contribution in [3.63, 3.8) is 0 Å². The Balaban J connectivity index is 1.66. The lowest BCUT2D eigenvalue weighted by molar-refractivity contribution is 0.0991. The van der Waals surface area contributed by atoms with E-state index in [1.807, 2.05) is 12.1 Å². The number of anilines is 2. The number of hydrogen-bond donors (Lipinski definition) is 3. The van der Waals surface area contributed by atoms with Crippen LogP contribution in [0.15, 0.2) is 66.9 Å². The number of imidazole rings is 1. The number of aryl methyl sites for hydroxylation is 1. The number of pyridine rings is 1. The molecule has 4 aromatic rings. The second kappa shape index (κ2) is 10.1. The summed E-state index contributed by atoms with van der Waals surface area (Å²) in [6, 6.07) is 19.1. The molecule has 10 heteroatoms. The number of carbonyl (C=O) groups is 2. The fourth-order valence-electron chi connectivity index (χ4n) is 3.57. The van der Waals surface area contributed by atoms with Crippen LogP contribution in [0.3, 0.4) is 0 Å². The van der Waals surface area contributed by atoms with Gasteiger partial charge in [0.05, 0.1) is 16.6 Å². The predicted octanol–water partition coefficient (Wildman–Crippen LogP) is 2.50. The number of nitriles is 1. The maximum Gasteiger partial charge on any atom is 0.259 e. The van der Waals surface area contributed by atoms with Crippen molar-refractivity contribution in [3.8, 4) is 6.07 Å². The van der Waals surface area contributed by atoms with Crippen LogP contribution in [0.1, 0.15) is 32.8 Å². The molecule has 1 atom stereocenters. The van der Waals surface area contributed by atoms with Gasteiger partial charge in [-0.3, -0.25) is 14.9 Å². The number of amides is 2. The van der Waals surface area contributed by atoms with Gasteiger partial charge >= 0.3 is 0 Å². The zero-order valence-corrected chi connectivity index (χ0v) is 18.9. The van der Waals surface area contributed by atoms with Crippen molar-refractivity contribution in [3.05, 3.63) is 83.7 Å². The molecule has 0 radical (unpaired) electrons. The summed E-state index contributed by atoms with van der Waals surface area (Å²) in [7, 11) is 1.68. The fourth-order valence-corrected chi connectivity index (χ4v) is 3.57. The number of fused-ring (bicyclic) bond motifs is 1. The Bertz CT molecular complexity index is 1410. The lowest BCUT2D eigenvalue weighted by Gasteiger charge is -2.17. The summed E-state index contributed by atoms with van der Waals surface area (Å²) in [4.78, 5) is 35.7. The van der Waals surface area contributed by atoms with E-state index in [1.165, 1.54) is 23.2 Å². The van der Waals surface area contributed by atoms with Crippen LogP contribution in [0, 0.1) is 11.3 Å². The molecule has 0 aliphatic rings. The zero-order valence-electron chi connectivity index (χ0n) is 18.9. The summed E-state index contributed by atoms with van der Waals surface area (Å²) in [5.74, 6) is -0.370. The summed E-state index contributed by atoms with van der Waals surface area (Å²) >= 11 is 0. The molecule has 2 aromatic carbocycles. The van der Waals surface area contributed by atoms with E-state index in [-0.39, 0.29) is 29.5 Å². The minimum atomic E-state index is -1.03. The largest absolute Gasteiger partial charge is 0.379 e. The molecule has 0 saturated carbocycles. The van der Waals surface area contributed by atoms with Crippen LogP contribution < -0.4 is 16.0 Å². The molecule has 0 spiro atoms. The summed E-state index contributed by atoms with van der Waals surface area (Å²) < 4.78 is 1.74. The lowest BCUT2D eigenvalue weighted by Crippen LogP contribution is -2.26. The van der Waals surface area contributed by atoms with Gasteiger partial charge in [0.25, 0.3) is 11.8 Å². The Morgan fingerprint density at radius 1 is 1.17 bits per heavy atom. The molecule has 0 aliphatic heterocycles. The van der Waals surface area contributed by atoms with E-state index >= 15 is 0 Å². The Morgan fingerprint density at radius 3 is 2.60 bits per heavy atom. The number of nitrogens with zero attached hydrogens (tertiary/aromatic N) is 5. The zero-order chi connectivity index (χ0) is 24.9. The fraction of sp³-hybridized carbons (Fsp3) is 0.160. The van der Waals surface area contributed by atoms with Gasteiger partial charge in [0.2, 0.25) is 5.95 Å². The first-order valence-electron chi connectivity index (χ1n) is 10.8. The lowest BCUT2D eigenvalue weighted by atomic mass is 10.2. The molecule has 0 fully saturated rings. The van der Waals surface area contributed by atoms with Gasteiger partial charge in [-0.25, -0.2) is 9.97 Å². The van der Waals surface area contributed by atoms with Gasteiger partial charge in [-0.2, -0.15) is 5.26 Å². The van der Waals surface area contributed by atoms with Crippen LogP contribution in [-0.4, -0.2) is 44.7 Å². The first kappa shape index (κ1) is 23.6. The van der Waals surface area contributed by atoms with Crippen molar-refractivity contribution in [2.24, 2.45) is 5.73 Å². The van der Waals surface area contributed by atoms with Crippen LogP contribution in [0.25, 0.3) is 11.0 Å². The Morgan fingerprint density at radius 2 is 1.94 bits per heavy atom. The van der Waals surface area contributed by atoms with E-state index in [0.717, 1.165) is 0 Å². The molecule has 1 unspecified atom stereocenters. The second-order valence-electron chi connectivity index (χ2n) is 7.84. The molecule has 2 amide bonds. The Labute approximate surface area is 201 Å². The third-order valence-electron chi connectivity index (χ3n) is 5.46. The summed E-state index contributed by atoms with van der Waals surface area (Å²) in [5.41, 5.74) is 8.43. The molecule has 10 nitrogen and oxygen atoms in total. The quantitative estimate of drug-likeness (QED) is 0.352. The van der Waals surface area contributed by atoms with Crippen molar-refractivity contribution >= 4 is 34.5 Å². The van der Waals surface area contributed by atoms with Gasteiger partial charge in [0.15, 0.2) is 0 Å². The molecule has 176 valence electrons. The summed E-state index contributed by atoms with van der Waals surface area (Å²) in [6.07, 6.45) is 0.515. The monoisotopic (exact) mass is 469 g/mol. The van der Waals surface area contributed by atoms with Crippen LogP contribution in [0.5, 0.6) is 0 Å². The number of aromatic nitrogens is 3. The number of hydrogen-bond acceptors (Lipinski definition) is 7. The van der Waals surface area contributed by atoms with Crippen LogP contribution in [-0.2, 0) is 6.54 Å². The highest BCUT2D eigenvalue weighted by atomic mass is 16.3. The van der Waals surface area contributed by atoms with Crippen molar-refractivity contribution < 1.29 is 14.7 Å². The van der Waals surface area contributed by atoms with Crippen LogP contribution in [0.4, 0.5) is 11.6 Å². The number of benzene rings is 2. The van der Waals surface area contributed by atoms with E-state index in [1.54, 1.807) is 54.1 Å². The van der Waals surface area contributed by atoms with E-state index in [4.69, 9.17) is 11.0 Å². The molecule has 4 rings (SSSR count). The van der Waals surface area contributed by atoms with Gasteiger partial charge in [-0.15, -0.1) is 0 Å². The minimum absolute atomic E-state index is 0.169. The summed E-state index contributed by atoms with van der Waals surface area (Å²) in [5, 5.41) is 21.3. The molecule has 2 aromatic heterocycles. The Kier molecular flexibility index (Phi) is 6.82.